The molecule has 1 aromatic heterocycles. The van der Waals surface area contributed by atoms with E-state index in [1.807, 2.05) is 37.3 Å². The molecule has 4 heteroatoms. The minimum Gasteiger partial charge on any atom is -0.340 e. The van der Waals surface area contributed by atoms with E-state index in [-0.39, 0.29) is 0 Å². The van der Waals surface area contributed by atoms with Gasteiger partial charge in [-0.25, -0.2) is 4.98 Å². The van der Waals surface area contributed by atoms with Crippen molar-refractivity contribution in [3.63, 3.8) is 0 Å². The lowest BCUT2D eigenvalue weighted by atomic mass is 10.1. The molecule has 17 heavy (non-hydrogen) atoms. The molecule has 0 aliphatic carbocycles. The van der Waals surface area contributed by atoms with Crippen molar-refractivity contribution in [1.29, 1.82) is 0 Å². The third-order valence-corrected chi connectivity index (χ3v) is 3.24. The van der Waals surface area contributed by atoms with Crippen LogP contribution in [0, 0.1) is 6.92 Å². The normalized spacial score (nSPS) is 10.3. The van der Waals surface area contributed by atoms with Gasteiger partial charge in [-0.1, -0.05) is 22.0 Å². The van der Waals surface area contributed by atoms with E-state index in [4.69, 9.17) is 5.73 Å². The fourth-order valence-corrected chi connectivity index (χ4v) is 2.15. The van der Waals surface area contributed by atoms with Gasteiger partial charge in [-0.15, -0.1) is 0 Å². The lowest BCUT2D eigenvalue weighted by molar-refractivity contribution is 1.06. The molecule has 0 atom stereocenters. The summed E-state index contributed by atoms with van der Waals surface area (Å²) in [4.78, 5) is 4.27. The molecule has 0 bridgehead atoms. The summed E-state index contributed by atoms with van der Waals surface area (Å²) < 4.78 is 1.01. The van der Waals surface area contributed by atoms with Crippen LogP contribution in [0.1, 0.15) is 11.1 Å². The number of hydrogen-bond donors (Lipinski definition) is 2. The second kappa shape index (κ2) is 5.29. The molecule has 0 unspecified atom stereocenters. The van der Waals surface area contributed by atoms with Gasteiger partial charge in [-0.05, 0) is 36.8 Å². The molecule has 0 spiro atoms. The maximum atomic E-state index is 5.74. The number of anilines is 2. The van der Waals surface area contributed by atoms with Gasteiger partial charge in [-0.3, -0.25) is 0 Å². The molecule has 1 heterocycles. The topological polar surface area (TPSA) is 50.9 Å². The fourth-order valence-electron chi connectivity index (χ4n) is 1.63. The molecule has 0 radical (unpaired) electrons. The summed E-state index contributed by atoms with van der Waals surface area (Å²) in [6, 6.07) is 9.92. The highest BCUT2D eigenvalue weighted by Gasteiger charge is 2.05. The number of nitrogens with zero attached hydrogens (tertiary/aromatic N) is 1. The molecular weight excluding hydrogens is 278 g/mol. The Hall–Kier alpha value is -1.39. The zero-order chi connectivity index (χ0) is 12.3. The molecule has 3 nitrogen and oxygen atoms in total. The van der Waals surface area contributed by atoms with Gasteiger partial charge in [0.15, 0.2) is 0 Å². The monoisotopic (exact) mass is 291 g/mol. The highest BCUT2D eigenvalue weighted by atomic mass is 79.9. The van der Waals surface area contributed by atoms with Crippen LogP contribution in [0.5, 0.6) is 0 Å². The lowest BCUT2D eigenvalue weighted by Crippen LogP contribution is -2.03. The highest BCUT2D eigenvalue weighted by molar-refractivity contribution is 9.10. The second-order valence-electron chi connectivity index (χ2n) is 3.81. The summed E-state index contributed by atoms with van der Waals surface area (Å²) >= 11 is 3.49. The molecule has 3 N–H and O–H groups in total. The molecule has 0 saturated heterocycles. The van der Waals surface area contributed by atoms with E-state index in [1.165, 1.54) is 5.56 Å². The minimum absolute atomic E-state index is 0.482. The van der Waals surface area contributed by atoms with Crippen LogP contribution in [0.4, 0.5) is 11.5 Å². The summed E-state index contributed by atoms with van der Waals surface area (Å²) in [7, 11) is 0. The molecule has 0 fully saturated rings. The average Bonchev–Trinajstić information content (AvgIpc) is 2.29. The fraction of sp³-hybridized carbons (Fsp3) is 0.154. The smallest absolute Gasteiger partial charge is 0.130 e. The number of aryl methyl sites for hydroxylation is 1. The Morgan fingerprint density at radius 1 is 1.35 bits per heavy atom. The van der Waals surface area contributed by atoms with Gasteiger partial charge in [0, 0.05) is 28.5 Å². The number of rotatable bonds is 3. The number of hydrogen-bond acceptors (Lipinski definition) is 3. The number of pyridine rings is 1. The summed E-state index contributed by atoms with van der Waals surface area (Å²) in [6.07, 6.45) is 1.79. The quantitative estimate of drug-likeness (QED) is 0.912. The lowest BCUT2D eigenvalue weighted by Gasteiger charge is -2.12. The van der Waals surface area contributed by atoms with Crippen molar-refractivity contribution < 1.29 is 0 Å². The van der Waals surface area contributed by atoms with Crippen LogP contribution in [-0.4, -0.2) is 4.98 Å². The molecule has 1 aromatic carbocycles. The van der Waals surface area contributed by atoms with E-state index in [0.29, 0.717) is 6.54 Å². The molecule has 0 aliphatic rings. The van der Waals surface area contributed by atoms with Crippen molar-refractivity contribution in [3.05, 3.63) is 52.1 Å². The van der Waals surface area contributed by atoms with Gasteiger partial charge in [0.1, 0.15) is 5.82 Å². The average molecular weight is 292 g/mol. The Balaban J connectivity index is 2.33. The first-order valence-electron chi connectivity index (χ1n) is 5.38. The molecular formula is C13H14BrN3. The minimum atomic E-state index is 0.482. The third kappa shape index (κ3) is 2.84. The Morgan fingerprint density at radius 3 is 2.88 bits per heavy atom. The van der Waals surface area contributed by atoms with E-state index in [2.05, 4.69) is 26.2 Å². The van der Waals surface area contributed by atoms with Gasteiger partial charge < -0.3 is 11.1 Å². The standard InChI is InChI=1S/C13H14BrN3/c1-9-5-6-16-13(7-9)17-12-4-2-3-11(14)10(12)8-15/h2-7H,8,15H2,1H3,(H,16,17). The third-order valence-electron chi connectivity index (χ3n) is 2.50. The van der Waals surface area contributed by atoms with E-state index in [9.17, 15) is 0 Å². The number of nitrogens with two attached hydrogens (primary N) is 1. The molecule has 2 rings (SSSR count). The molecule has 2 aromatic rings. The van der Waals surface area contributed by atoms with Gasteiger partial charge in [0.25, 0.3) is 0 Å². The predicted octanol–water partition coefficient (Wildman–Crippen LogP) is 3.35. The van der Waals surface area contributed by atoms with Crippen molar-refractivity contribution >= 4 is 27.4 Å². The van der Waals surface area contributed by atoms with Crippen molar-refractivity contribution in [2.45, 2.75) is 13.5 Å². The zero-order valence-electron chi connectivity index (χ0n) is 9.57. The van der Waals surface area contributed by atoms with Crippen molar-refractivity contribution in [3.8, 4) is 0 Å². The molecule has 0 aliphatic heterocycles. The maximum absolute atomic E-state index is 5.74. The van der Waals surface area contributed by atoms with Crippen LogP contribution in [0.25, 0.3) is 0 Å². The van der Waals surface area contributed by atoms with Gasteiger partial charge >= 0.3 is 0 Å². The van der Waals surface area contributed by atoms with Gasteiger partial charge in [-0.2, -0.15) is 0 Å². The van der Waals surface area contributed by atoms with Crippen molar-refractivity contribution in [1.82, 2.24) is 4.98 Å². The summed E-state index contributed by atoms with van der Waals surface area (Å²) in [6.45, 7) is 2.52. The Labute approximate surface area is 109 Å². The van der Waals surface area contributed by atoms with Gasteiger partial charge in [0.05, 0.1) is 0 Å². The largest absolute Gasteiger partial charge is 0.340 e. The van der Waals surface area contributed by atoms with Crippen LogP contribution in [0.3, 0.4) is 0 Å². The number of halogens is 1. The van der Waals surface area contributed by atoms with Crippen molar-refractivity contribution in [2.75, 3.05) is 5.32 Å². The first-order valence-corrected chi connectivity index (χ1v) is 6.17. The zero-order valence-corrected chi connectivity index (χ0v) is 11.2. The van der Waals surface area contributed by atoms with E-state index in [1.54, 1.807) is 6.20 Å². The Morgan fingerprint density at radius 2 is 2.18 bits per heavy atom. The van der Waals surface area contributed by atoms with Crippen LogP contribution < -0.4 is 11.1 Å². The molecule has 88 valence electrons. The van der Waals surface area contributed by atoms with E-state index in [0.717, 1.165) is 21.5 Å². The summed E-state index contributed by atoms with van der Waals surface area (Å²) in [5.74, 6) is 0.831. The second-order valence-corrected chi connectivity index (χ2v) is 4.67. The summed E-state index contributed by atoms with van der Waals surface area (Å²) in [5, 5.41) is 3.28. The Bertz CT molecular complexity index is 526. The van der Waals surface area contributed by atoms with Crippen LogP contribution in [0.2, 0.25) is 0 Å². The molecule has 0 amide bonds. The van der Waals surface area contributed by atoms with Gasteiger partial charge in [0.2, 0.25) is 0 Å². The van der Waals surface area contributed by atoms with Crippen molar-refractivity contribution in [2.24, 2.45) is 5.73 Å². The molecule has 0 saturated carbocycles. The first-order chi connectivity index (χ1) is 8.20. The van der Waals surface area contributed by atoms with Crippen LogP contribution in [-0.2, 0) is 6.54 Å². The SMILES string of the molecule is Cc1ccnc(Nc2cccc(Br)c2CN)c1. The van der Waals surface area contributed by atoms with Crippen LogP contribution >= 0.6 is 15.9 Å². The summed E-state index contributed by atoms with van der Waals surface area (Å²) in [5.41, 5.74) is 8.96. The number of benzene rings is 1. The van der Waals surface area contributed by atoms with Crippen LogP contribution in [0.15, 0.2) is 41.0 Å². The number of nitrogens with one attached hydrogen (secondary N) is 1. The van der Waals surface area contributed by atoms with E-state index < -0.39 is 0 Å². The predicted molar refractivity (Wildman–Crippen MR) is 74.3 cm³/mol. The number of aromatic nitrogens is 1. The highest BCUT2D eigenvalue weighted by Crippen LogP contribution is 2.26. The first kappa shape index (κ1) is 12.1. The van der Waals surface area contributed by atoms with E-state index >= 15 is 0 Å². The Kier molecular flexibility index (Phi) is 3.76. The maximum Gasteiger partial charge on any atom is 0.130 e.